The Bertz CT molecular complexity index is 1030. The maximum atomic E-state index is 11.7. The van der Waals surface area contributed by atoms with Gasteiger partial charge < -0.3 is 14.7 Å². The second kappa shape index (κ2) is 11.0. The van der Waals surface area contributed by atoms with E-state index in [1.54, 1.807) is 17.4 Å². The number of anilines is 2. The van der Waals surface area contributed by atoms with Gasteiger partial charge in [0.25, 0.3) is 0 Å². The Morgan fingerprint density at radius 2 is 1.94 bits per heavy atom. The third-order valence-electron chi connectivity index (χ3n) is 6.46. The zero-order chi connectivity index (χ0) is 24.9. The summed E-state index contributed by atoms with van der Waals surface area (Å²) in [6.07, 6.45) is 7.46. The van der Waals surface area contributed by atoms with Gasteiger partial charge in [-0.05, 0) is 37.3 Å². The quantitative estimate of drug-likeness (QED) is 0.193. The number of thioether (sulfide) groups is 1. The number of hydrogen-bond donors (Lipinski definition) is 3. The van der Waals surface area contributed by atoms with Gasteiger partial charge in [0.2, 0.25) is 0 Å². The van der Waals surface area contributed by atoms with Gasteiger partial charge in [0.1, 0.15) is 10.6 Å². The van der Waals surface area contributed by atoms with Crippen LogP contribution in [0.3, 0.4) is 0 Å². The number of carboxylic acids is 1. The Morgan fingerprint density at radius 3 is 2.53 bits per heavy atom. The number of fused-ring (bicyclic) bond motifs is 1. The normalized spacial score (nSPS) is 21.2. The zero-order valence-electron chi connectivity index (χ0n) is 20.1. The molecule has 1 atom stereocenters. The second-order valence-corrected chi connectivity index (χ2v) is 11.2. The van der Waals surface area contributed by atoms with Crippen molar-refractivity contribution in [1.82, 2.24) is 4.31 Å². The molecule has 1 aliphatic heterocycles. The fourth-order valence-corrected chi connectivity index (χ4v) is 6.73. The standard InChI is InChI=1S/C25H34N2O5S2/c1-5-7-14-25(6-2)18-27(19-11-9-8-10-12-19)20-16-22(33-4)21(32-15-13-24(28)29)17-23(20)34(30,31)26(25)3/h8-13,15-17,30-31H,5-7,14,18H2,1-4H3,(H,28,29)/b15-13+/t25-/m1/s1. The molecule has 0 saturated carbocycles. The van der Waals surface area contributed by atoms with Crippen LogP contribution in [0.5, 0.6) is 5.75 Å². The van der Waals surface area contributed by atoms with Crippen LogP contribution < -0.4 is 9.64 Å². The number of rotatable bonds is 9. The molecular weight excluding hydrogens is 472 g/mol. The molecule has 7 nitrogen and oxygen atoms in total. The molecule has 0 aliphatic carbocycles. The lowest BCUT2D eigenvalue weighted by Gasteiger charge is -2.50. The number of likely N-dealkylation sites (N-methyl/N-ethyl adjacent to an activating group) is 1. The molecule has 0 saturated heterocycles. The first kappa shape index (κ1) is 26.4. The number of ether oxygens (including phenoxy) is 1. The number of nitrogens with zero attached hydrogens (tertiary/aromatic N) is 2. The molecule has 9 heteroatoms. The maximum absolute atomic E-state index is 11.7. The molecule has 1 heterocycles. The van der Waals surface area contributed by atoms with E-state index in [0.29, 0.717) is 22.9 Å². The van der Waals surface area contributed by atoms with Crippen LogP contribution in [0, 0.1) is 0 Å². The third-order valence-corrected chi connectivity index (χ3v) is 9.29. The fourth-order valence-electron chi connectivity index (χ4n) is 4.37. The van der Waals surface area contributed by atoms with Gasteiger partial charge in [0.15, 0.2) is 0 Å². The van der Waals surface area contributed by atoms with Gasteiger partial charge in [0.05, 0.1) is 28.5 Å². The highest BCUT2D eigenvalue weighted by atomic mass is 32.3. The van der Waals surface area contributed by atoms with E-state index in [9.17, 15) is 13.9 Å². The molecule has 34 heavy (non-hydrogen) atoms. The molecule has 3 rings (SSSR count). The molecule has 0 aromatic heterocycles. The molecule has 2 aromatic carbocycles. The summed E-state index contributed by atoms with van der Waals surface area (Å²) in [5, 5.41) is 8.92. The minimum absolute atomic E-state index is 0.363. The van der Waals surface area contributed by atoms with Crippen molar-refractivity contribution in [2.45, 2.75) is 54.9 Å². The summed E-state index contributed by atoms with van der Waals surface area (Å²) in [4.78, 5) is 14.2. The summed E-state index contributed by atoms with van der Waals surface area (Å²) in [7, 11) is -1.58. The molecule has 2 aromatic rings. The number of carboxylic acid groups (broad SMARTS) is 1. The molecule has 3 N–H and O–H groups in total. The highest BCUT2D eigenvalue weighted by molar-refractivity contribution is 8.22. The van der Waals surface area contributed by atoms with Crippen LogP contribution in [-0.4, -0.2) is 49.9 Å². The van der Waals surface area contributed by atoms with Crippen LogP contribution in [0.25, 0.3) is 0 Å². The van der Waals surface area contributed by atoms with Crippen molar-refractivity contribution in [3.8, 4) is 5.75 Å². The lowest BCUT2D eigenvalue weighted by atomic mass is 9.88. The van der Waals surface area contributed by atoms with Crippen LogP contribution in [0.2, 0.25) is 0 Å². The summed E-state index contributed by atoms with van der Waals surface area (Å²) in [6.45, 7) is 4.83. The molecule has 0 radical (unpaired) electrons. The smallest absolute Gasteiger partial charge is 0.331 e. The predicted molar refractivity (Wildman–Crippen MR) is 140 cm³/mol. The topological polar surface area (TPSA) is 93.5 Å². The van der Waals surface area contributed by atoms with Gasteiger partial charge in [-0.15, -0.1) is 22.5 Å². The Balaban J connectivity index is 2.26. The van der Waals surface area contributed by atoms with Gasteiger partial charge in [-0.3, -0.25) is 9.11 Å². The van der Waals surface area contributed by atoms with Gasteiger partial charge in [-0.1, -0.05) is 44.9 Å². The van der Waals surface area contributed by atoms with Crippen molar-refractivity contribution in [3.63, 3.8) is 0 Å². The first-order chi connectivity index (χ1) is 16.2. The van der Waals surface area contributed by atoms with E-state index < -0.39 is 22.3 Å². The molecule has 1 aliphatic rings. The highest BCUT2D eigenvalue weighted by Crippen LogP contribution is 2.62. The first-order valence-corrected chi connectivity index (χ1v) is 14.1. The van der Waals surface area contributed by atoms with E-state index in [0.717, 1.165) is 48.6 Å². The summed E-state index contributed by atoms with van der Waals surface area (Å²) < 4.78 is 30.7. The van der Waals surface area contributed by atoms with Crippen LogP contribution in [-0.2, 0) is 4.79 Å². The monoisotopic (exact) mass is 506 g/mol. The van der Waals surface area contributed by atoms with E-state index in [1.807, 2.05) is 42.7 Å². The summed E-state index contributed by atoms with van der Waals surface area (Å²) in [6, 6.07) is 13.5. The zero-order valence-corrected chi connectivity index (χ0v) is 21.7. The second-order valence-electron chi connectivity index (χ2n) is 8.35. The average molecular weight is 507 g/mol. The number of hydrogen-bond acceptors (Lipinski definition) is 7. The largest absolute Gasteiger partial charge is 0.478 e. The van der Waals surface area contributed by atoms with Crippen molar-refractivity contribution in [1.29, 1.82) is 0 Å². The van der Waals surface area contributed by atoms with Crippen LogP contribution >= 0.6 is 22.5 Å². The molecule has 186 valence electrons. The van der Waals surface area contributed by atoms with Crippen LogP contribution in [0.4, 0.5) is 11.4 Å². The number of carbonyl (C=O) groups is 1. The molecule has 0 bridgehead atoms. The third kappa shape index (κ3) is 5.23. The predicted octanol–water partition coefficient (Wildman–Crippen LogP) is 6.83. The number of aliphatic carboxylic acids is 1. The molecular formula is C25H34N2O5S2. The average Bonchev–Trinajstić information content (AvgIpc) is 2.90. The molecule has 0 fully saturated rings. The van der Waals surface area contributed by atoms with Crippen molar-refractivity contribution >= 4 is 39.9 Å². The van der Waals surface area contributed by atoms with Crippen LogP contribution in [0.1, 0.15) is 39.5 Å². The van der Waals surface area contributed by atoms with Crippen molar-refractivity contribution in [3.05, 3.63) is 54.8 Å². The van der Waals surface area contributed by atoms with Gasteiger partial charge in [-0.2, -0.15) is 4.31 Å². The van der Waals surface area contributed by atoms with Gasteiger partial charge >= 0.3 is 5.97 Å². The van der Waals surface area contributed by atoms with E-state index >= 15 is 0 Å². The van der Waals surface area contributed by atoms with Gasteiger partial charge in [-0.25, -0.2) is 4.79 Å². The van der Waals surface area contributed by atoms with E-state index in [-0.39, 0.29) is 0 Å². The lowest BCUT2D eigenvalue weighted by molar-refractivity contribution is -0.131. The van der Waals surface area contributed by atoms with E-state index in [2.05, 4.69) is 18.7 Å². The minimum Gasteiger partial charge on any atom is -0.478 e. The molecule has 0 spiro atoms. The minimum atomic E-state index is -3.38. The highest BCUT2D eigenvalue weighted by Gasteiger charge is 2.46. The SMILES string of the molecule is CCCC[C@]1(CC)CN(c2ccccc2)c2cc(SC)c(O/C=C/C(=O)O)cc2S(O)(O)N1C. The first-order valence-electron chi connectivity index (χ1n) is 11.3. The van der Waals surface area contributed by atoms with Crippen molar-refractivity contribution in [2.24, 2.45) is 0 Å². The Hall–Kier alpha value is -2.17. The summed E-state index contributed by atoms with van der Waals surface area (Å²) in [5.74, 6) is -0.744. The summed E-state index contributed by atoms with van der Waals surface area (Å²) >= 11 is 1.45. The maximum Gasteiger partial charge on any atom is 0.331 e. The van der Waals surface area contributed by atoms with Crippen molar-refractivity contribution < 1.29 is 23.7 Å². The van der Waals surface area contributed by atoms with Crippen molar-refractivity contribution in [2.75, 3.05) is 24.7 Å². The lowest BCUT2D eigenvalue weighted by Crippen LogP contribution is -2.52. The number of para-hydroxylation sites is 1. The number of benzene rings is 2. The summed E-state index contributed by atoms with van der Waals surface area (Å²) in [5.41, 5.74) is 1.21. The number of unbranched alkanes of at least 4 members (excludes halogenated alkanes) is 1. The van der Waals surface area contributed by atoms with Gasteiger partial charge in [0, 0.05) is 25.3 Å². The molecule has 0 unspecified atom stereocenters. The fraction of sp³-hybridized carbons (Fsp3) is 0.400. The Morgan fingerprint density at radius 1 is 1.24 bits per heavy atom. The Labute approximate surface area is 207 Å². The molecule has 0 amide bonds. The van der Waals surface area contributed by atoms with Crippen LogP contribution in [0.15, 0.2) is 64.6 Å². The van der Waals surface area contributed by atoms with E-state index in [4.69, 9.17) is 9.84 Å². The van der Waals surface area contributed by atoms with E-state index in [1.165, 1.54) is 11.8 Å². The Kier molecular flexibility index (Phi) is 8.59.